The van der Waals surface area contributed by atoms with Gasteiger partial charge in [0, 0.05) is 18.3 Å². The first-order valence-corrected chi connectivity index (χ1v) is 6.50. The Labute approximate surface area is 97.6 Å². The maximum atomic E-state index is 3.50. The summed E-state index contributed by atoms with van der Waals surface area (Å²) in [4.78, 5) is 2.64. The quantitative estimate of drug-likeness (QED) is 0.774. The van der Waals surface area contributed by atoms with E-state index in [1.807, 2.05) is 0 Å². The lowest BCUT2D eigenvalue weighted by Crippen LogP contribution is -2.34. The van der Waals surface area contributed by atoms with Crippen molar-refractivity contribution in [2.75, 3.05) is 24.5 Å². The number of hydrogen-bond acceptors (Lipinski definition) is 2. The van der Waals surface area contributed by atoms with Crippen LogP contribution in [0.1, 0.15) is 24.8 Å². The van der Waals surface area contributed by atoms with Gasteiger partial charge in [-0.1, -0.05) is 18.2 Å². The van der Waals surface area contributed by atoms with Crippen molar-refractivity contribution >= 4 is 5.69 Å². The predicted octanol–water partition coefficient (Wildman–Crippen LogP) is 2.19. The van der Waals surface area contributed by atoms with Crippen LogP contribution in [-0.4, -0.2) is 25.7 Å². The van der Waals surface area contributed by atoms with Crippen LogP contribution in [0.5, 0.6) is 0 Å². The van der Waals surface area contributed by atoms with Crippen LogP contribution in [0, 0.1) is 0 Å². The summed E-state index contributed by atoms with van der Waals surface area (Å²) in [6.45, 7) is 3.61. The molecule has 0 amide bonds. The molecule has 2 heteroatoms. The highest BCUT2D eigenvalue weighted by Gasteiger charge is 2.25. The third-order valence-electron chi connectivity index (χ3n) is 3.91. The van der Waals surface area contributed by atoms with Gasteiger partial charge in [0.2, 0.25) is 0 Å². The number of nitrogens with zero attached hydrogens (tertiary/aromatic N) is 1. The minimum atomic E-state index is 0.763. The molecule has 1 unspecified atom stereocenters. The Morgan fingerprint density at radius 2 is 2.06 bits per heavy atom. The molecule has 16 heavy (non-hydrogen) atoms. The number of hydrogen-bond donors (Lipinski definition) is 1. The molecule has 0 saturated carbocycles. The van der Waals surface area contributed by atoms with Crippen molar-refractivity contribution in [3.8, 4) is 0 Å². The van der Waals surface area contributed by atoms with Gasteiger partial charge in [-0.15, -0.1) is 0 Å². The predicted molar refractivity (Wildman–Crippen MR) is 68.0 cm³/mol. The number of anilines is 1. The van der Waals surface area contributed by atoms with Gasteiger partial charge in [0.1, 0.15) is 0 Å². The Bertz CT molecular complexity index is 354. The fraction of sp³-hybridized carbons (Fsp3) is 0.571. The van der Waals surface area contributed by atoms with E-state index in [0.29, 0.717) is 0 Å². The highest BCUT2D eigenvalue weighted by atomic mass is 15.2. The first-order valence-electron chi connectivity index (χ1n) is 6.50. The highest BCUT2D eigenvalue weighted by molar-refractivity contribution is 5.58. The van der Waals surface area contributed by atoms with Gasteiger partial charge in [0.15, 0.2) is 0 Å². The van der Waals surface area contributed by atoms with Gasteiger partial charge in [0.05, 0.1) is 0 Å². The Morgan fingerprint density at radius 1 is 1.12 bits per heavy atom. The van der Waals surface area contributed by atoms with E-state index in [1.165, 1.54) is 51.0 Å². The summed E-state index contributed by atoms with van der Waals surface area (Å²) in [5.74, 6) is 0. The van der Waals surface area contributed by atoms with E-state index in [4.69, 9.17) is 0 Å². The number of rotatable bonds is 1. The van der Waals surface area contributed by atoms with Crippen LogP contribution in [0.2, 0.25) is 0 Å². The maximum Gasteiger partial charge on any atom is 0.0402 e. The Balaban J connectivity index is 1.80. The fourth-order valence-electron chi connectivity index (χ4n) is 3.06. The number of benzene rings is 1. The smallest absolute Gasteiger partial charge is 0.0402 e. The van der Waals surface area contributed by atoms with Gasteiger partial charge >= 0.3 is 0 Å². The van der Waals surface area contributed by atoms with Gasteiger partial charge in [-0.25, -0.2) is 0 Å². The molecule has 0 radical (unpaired) electrons. The molecule has 2 aliphatic rings. The lowest BCUT2D eigenvalue weighted by atomic mass is 10.1. The second kappa shape index (κ2) is 4.46. The minimum Gasteiger partial charge on any atom is -0.368 e. The number of nitrogens with one attached hydrogen (secondary N) is 1. The minimum absolute atomic E-state index is 0.763. The number of fused-ring (bicyclic) bond motifs is 1. The molecule has 1 fully saturated rings. The second-order valence-corrected chi connectivity index (χ2v) is 4.91. The van der Waals surface area contributed by atoms with Gasteiger partial charge in [0.25, 0.3) is 0 Å². The van der Waals surface area contributed by atoms with Gasteiger partial charge in [-0.3, -0.25) is 0 Å². The summed E-state index contributed by atoms with van der Waals surface area (Å²) in [6.07, 6.45) is 5.21. The number of para-hydroxylation sites is 1. The van der Waals surface area contributed by atoms with Crippen molar-refractivity contribution in [2.24, 2.45) is 0 Å². The summed E-state index contributed by atoms with van der Waals surface area (Å²) < 4.78 is 0. The monoisotopic (exact) mass is 216 g/mol. The third kappa shape index (κ3) is 1.82. The third-order valence-corrected chi connectivity index (χ3v) is 3.91. The molecule has 1 N–H and O–H groups in total. The molecule has 0 aromatic heterocycles. The standard InChI is InChI=1S/C14H20N2/c1-2-6-14-12(4-1)8-11-16(14)13-5-3-9-15-10-7-13/h1-2,4,6,13,15H,3,5,7-11H2. The molecule has 2 heterocycles. The van der Waals surface area contributed by atoms with Crippen LogP contribution >= 0.6 is 0 Å². The van der Waals surface area contributed by atoms with Gasteiger partial charge in [-0.2, -0.15) is 0 Å². The fourth-order valence-corrected chi connectivity index (χ4v) is 3.06. The molecular formula is C14H20N2. The molecule has 1 atom stereocenters. The molecule has 0 bridgehead atoms. The molecule has 1 aromatic carbocycles. The molecule has 2 nitrogen and oxygen atoms in total. The first kappa shape index (κ1) is 10.2. The zero-order chi connectivity index (χ0) is 10.8. The average Bonchev–Trinajstić information content (AvgIpc) is 2.57. The largest absolute Gasteiger partial charge is 0.368 e. The second-order valence-electron chi connectivity index (χ2n) is 4.91. The molecule has 2 aliphatic heterocycles. The molecule has 0 aliphatic carbocycles. The zero-order valence-corrected chi connectivity index (χ0v) is 9.78. The van der Waals surface area contributed by atoms with E-state index in [0.717, 1.165) is 6.04 Å². The van der Waals surface area contributed by atoms with E-state index in [1.54, 1.807) is 5.56 Å². The molecular weight excluding hydrogens is 196 g/mol. The molecule has 3 rings (SSSR count). The Morgan fingerprint density at radius 3 is 3.06 bits per heavy atom. The van der Waals surface area contributed by atoms with Gasteiger partial charge in [-0.05, 0) is 50.4 Å². The van der Waals surface area contributed by atoms with Crippen LogP contribution in [0.25, 0.3) is 0 Å². The zero-order valence-electron chi connectivity index (χ0n) is 9.78. The van der Waals surface area contributed by atoms with E-state index in [-0.39, 0.29) is 0 Å². The van der Waals surface area contributed by atoms with Crippen LogP contribution in [0.4, 0.5) is 5.69 Å². The Kier molecular flexibility index (Phi) is 2.83. The molecule has 0 spiro atoms. The van der Waals surface area contributed by atoms with Gasteiger partial charge < -0.3 is 10.2 Å². The average molecular weight is 216 g/mol. The first-order chi connectivity index (χ1) is 7.95. The summed E-state index contributed by atoms with van der Waals surface area (Å²) >= 11 is 0. The Hall–Kier alpha value is -1.02. The summed E-state index contributed by atoms with van der Waals surface area (Å²) in [6, 6.07) is 9.67. The summed E-state index contributed by atoms with van der Waals surface area (Å²) in [5, 5.41) is 3.50. The lowest BCUT2D eigenvalue weighted by molar-refractivity contribution is 0.549. The van der Waals surface area contributed by atoms with Crippen molar-refractivity contribution in [1.29, 1.82) is 0 Å². The molecule has 1 aromatic rings. The van der Waals surface area contributed by atoms with Crippen molar-refractivity contribution in [2.45, 2.75) is 31.7 Å². The lowest BCUT2D eigenvalue weighted by Gasteiger charge is -2.29. The highest BCUT2D eigenvalue weighted by Crippen LogP contribution is 2.31. The molecule has 1 saturated heterocycles. The van der Waals surface area contributed by atoms with Crippen LogP contribution in [-0.2, 0) is 6.42 Å². The molecule has 86 valence electrons. The summed E-state index contributed by atoms with van der Waals surface area (Å²) in [7, 11) is 0. The van der Waals surface area contributed by atoms with Crippen LogP contribution in [0.15, 0.2) is 24.3 Å². The van der Waals surface area contributed by atoms with E-state index in [2.05, 4.69) is 34.5 Å². The van der Waals surface area contributed by atoms with E-state index >= 15 is 0 Å². The van der Waals surface area contributed by atoms with Crippen molar-refractivity contribution in [3.05, 3.63) is 29.8 Å². The van der Waals surface area contributed by atoms with Crippen LogP contribution < -0.4 is 10.2 Å². The maximum absolute atomic E-state index is 3.50. The SMILES string of the molecule is c1ccc2c(c1)CCN2C1CCCNCC1. The van der Waals surface area contributed by atoms with E-state index < -0.39 is 0 Å². The van der Waals surface area contributed by atoms with Crippen molar-refractivity contribution in [3.63, 3.8) is 0 Å². The topological polar surface area (TPSA) is 15.3 Å². The normalized spacial score (nSPS) is 25.2. The summed E-state index contributed by atoms with van der Waals surface area (Å²) in [5.41, 5.74) is 3.04. The van der Waals surface area contributed by atoms with Crippen molar-refractivity contribution in [1.82, 2.24) is 5.32 Å². The van der Waals surface area contributed by atoms with Crippen molar-refractivity contribution < 1.29 is 0 Å². The van der Waals surface area contributed by atoms with E-state index in [9.17, 15) is 0 Å². The van der Waals surface area contributed by atoms with Crippen LogP contribution in [0.3, 0.4) is 0 Å².